The number of nitrogens with one attached hydrogen (secondary N) is 1. The Labute approximate surface area is 270 Å². The van der Waals surface area contributed by atoms with Gasteiger partial charge in [0.1, 0.15) is 73.2 Å². The van der Waals surface area contributed by atoms with E-state index < -0.39 is 148 Å². The van der Waals surface area contributed by atoms with Crippen molar-refractivity contribution < 1.29 is 89.0 Å². The molecule has 0 radical (unpaired) electrons. The summed E-state index contributed by atoms with van der Waals surface area (Å²) < 4.78 is 41.2. The van der Waals surface area contributed by atoms with Crippen molar-refractivity contribution >= 4 is 5.91 Å². The summed E-state index contributed by atoms with van der Waals surface area (Å²) in [6.07, 6.45) is -26.6. The van der Waals surface area contributed by atoms with Crippen LogP contribution in [0.5, 0.6) is 0 Å². The Hall–Kier alpha value is -1.21. The third kappa shape index (κ3) is 8.07. The predicted molar refractivity (Wildman–Crippen MR) is 151 cm³/mol. The summed E-state index contributed by atoms with van der Waals surface area (Å²) in [5, 5.41) is 107. The zero-order valence-corrected chi connectivity index (χ0v) is 26.4. The molecule has 4 fully saturated rings. The van der Waals surface area contributed by atoms with Crippen LogP contribution in [0, 0.1) is 5.92 Å². The van der Waals surface area contributed by atoms with Crippen LogP contribution in [-0.4, -0.2) is 193 Å². The molecule has 19 nitrogen and oxygen atoms in total. The first-order valence-corrected chi connectivity index (χ1v) is 15.6. The molecule has 1 amide bonds. The van der Waals surface area contributed by atoms with Crippen LogP contribution >= 0.6 is 0 Å². The summed E-state index contributed by atoms with van der Waals surface area (Å²) in [4.78, 5) is 12.1. The Bertz CT molecular complexity index is 1010. The molecule has 4 saturated heterocycles. The smallest absolute Gasteiger partial charge is 0.217 e. The van der Waals surface area contributed by atoms with Crippen molar-refractivity contribution in [2.75, 3.05) is 19.8 Å². The van der Waals surface area contributed by atoms with E-state index in [2.05, 4.69) is 5.32 Å². The predicted octanol–water partition coefficient (Wildman–Crippen LogP) is -6.23. The first-order valence-electron chi connectivity index (χ1n) is 15.6. The SMILES string of the molecule is CC(=O)NC1[C@H](C)OC(CO)[C@@H](O)[C@@H]1O[C@@H]1OC(CO)[C@H](O)[C@H](O[C@H]2OC(CO)[C@H](O)[C@H](O)C2C)C1O[C@@H]1OC(C)[C@@H](O)[C@H](O)C1O. The van der Waals surface area contributed by atoms with E-state index in [9.17, 15) is 55.9 Å². The highest BCUT2D eigenvalue weighted by molar-refractivity contribution is 5.73. The molecule has 0 aromatic heterocycles. The lowest BCUT2D eigenvalue weighted by Gasteiger charge is -2.51. The number of carbonyl (C=O) groups excluding carboxylic acids is 1. The van der Waals surface area contributed by atoms with E-state index in [0.29, 0.717) is 0 Å². The second kappa shape index (κ2) is 16.2. The zero-order valence-electron chi connectivity index (χ0n) is 26.4. The third-order valence-electron chi connectivity index (χ3n) is 9.18. The molecule has 11 N–H and O–H groups in total. The fourth-order valence-electron chi connectivity index (χ4n) is 6.30. The van der Waals surface area contributed by atoms with E-state index >= 15 is 0 Å². The van der Waals surface area contributed by atoms with Gasteiger partial charge in [0, 0.05) is 12.8 Å². The van der Waals surface area contributed by atoms with Crippen LogP contribution in [0.1, 0.15) is 27.7 Å². The molecule has 0 aliphatic carbocycles. The number of aliphatic hydroxyl groups excluding tert-OH is 10. The molecule has 0 aromatic rings. The quantitative estimate of drug-likeness (QED) is 0.102. The van der Waals surface area contributed by atoms with Gasteiger partial charge in [-0.2, -0.15) is 0 Å². The first kappa shape index (κ1) is 38.6. The Morgan fingerprint density at radius 3 is 1.66 bits per heavy atom. The highest BCUT2D eigenvalue weighted by Crippen LogP contribution is 2.36. The number of rotatable bonds is 10. The van der Waals surface area contributed by atoms with Gasteiger partial charge in [-0.15, -0.1) is 0 Å². The van der Waals surface area contributed by atoms with Crippen molar-refractivity contribution in [2.24, 2.45) is 5.92 Å². The number of hydrogen-bond donors (Lipinski definition) is 11. The van der Waals surface area contributed by atoms with Crippen LogP contribution in [0.15, 0.2) is 0 Å². The molecule has 4 heterocycles. The van der Waals surface area contributed by atoms with E-state index in [1.165, 1.54) is 20.8 Å². The van der Waals surface area contributed by atoms with Crippen LogP contribution in [0.25, 0.3) is 0 Å². The Kier molecular flexibility index (Phi) is 13.3. The number of ether oxygens (including phenoxy) is 7. The summed E-state index contributed by atoms with van der Waals surface area (Å²) in [5.41, 5.74) is 0. The van der Waals surface area contributed by atoms with E-state index in [4.69, 9.17) is 33.2 Å². The maximum Gasteiger partial charge on any atom is 0.217 e. The molecule has 4 aliphatic rings. The molecule has 0 saturated carbocycles. The van der Waals surface area contributed by atoms with Crippen LogP contribution in [0.4, 0.5) is 0 Å². The van der Waals surface area contributed by atoms with Gasteiger partial charge in [-0.3, -0.25) is 4.79 Å². The van der Waals surface area contributed by atoms with Crippen molar-refractivity contribution in [1.29, 1.82) is 0 Å². The van der Waals surface area contributed by atoms with Crippen molar-refractivity contribution in [3.63, 3.8) is 0 Å². The van der Waals surface area contributed by atoms with E-state index in [0.717, 1.165) is 0 Å². The fourth-order valence-corrected chi connectivity index (χ4v) is 6.30. The van der Waals surface area contributed by atoms with Gasteiger partial charge < -0.3 is 89.5 Å². The van der Waals surface area contributed by atoms with Crippen molar-refractivity contribution in [3.8, 4) is 0 Å². The van der Waals surface area contributed by atoms with Crippen molar-refractivity contribution in [3.05, 3.63) is 0 Å². The topological polar surface area (TPSA) is 296 Å². The van der Waals surface area contributed by atoms with Gasteiger partial charge in [0.2, 0.25) is 5.91 Å². The molecule has 20 atom stereocenters. The maximum absolute atomic E-state index is 12.1. The minimum absolute atomic E-state index is 0.515. The summed E-state index contributed by atoms with van der Waals surface area (Å²) in [5.74, 6) is -1.48. The van der Waals surface area contributed by atoms with Gasteiger partial charge in [-0.1, -0.05) is 6.92 Å². The standard InChI is InChI=1S/C28H49NO18/c1-8-16(34)18(36)12(5-30)43-26(8)46-24-20(38)14(7-32)44-28(25(24)47-27-22(40)21(39)17(35)10(3)42-27)45-23-15(29-11(4)33)9(2)41-13(6-31)19(23)37/h8-10,12-28,30-32,34-40H,5-7H2,1-4H3,(H,29,33)/t8?,9-,10?,12?,13?,14?,15?,16+,17+,18-,19+,20-,21-,22?,23+,24-,25?,26+,27-,28-/m0/s1. The third-order valence-corrected chi connectivity index (χ3v) is 9.18. The molecule has 274 valence electrons. The lowest BCUT2D eigenvalue weighted by molar-refractivity contribution is -0.396. The van der Waals surface area contributed by atoms with Crippen molar-refractivity contribution in [2.45, 2.75) is 144 Å². The minimum Gasteiger partial charge on any atom is -0.394 e. The highest BCUT2D eigenvalue weighted by Gasteiger charge is 2.56. The second-order valence-corrected chi connectivity index (χ2v) is 12.5. The Balaban J connectivity index is 1.73. The van der Waals surface area contributed by atoms with E-state index in [1.807, 2.05) is 0 Å². The molecular formula is C28H49NO18. The average Bonchev–Trinajstić information content (AvgIpc) is 3.04. The number of aliphatic hydroxyl groups is 10. The lowest BCUT2D eigenvalue weighted by Crippen LogP contribution is -2.69. The van der Waals surface area contributed by atoms with E-state index in [1.54, 1.807) is 6.92 Å². The van der Waals surface area contributed by atoms with E-state index in [-0.39, 0.29) is 0 Å². The van der Waals surface area contributed by atoms with Crippen molar-refractivity contribution in [1.82, 2.24) is 5.32 Å². The maximum atomic E-state index is 12.1. The summed E-state index contributed by atoms with van der Waals surface area (Å²) in [7, 11) is 0. The molecule has 4 rings (SSSR count). The molecule has 8 unspecified atom stereocenters. The molecule has 0 spiro atoms. The Morgan fingerprint density at radius 2 is 1.06 bits per heavy atom. The van der Waals surface area contributed by atoms with Crippen LogP contribution < -0.4 is 5.32 Å². The number of amides is 1. The molecule has 19 heteroatoms. The first-order chi connectivity index (χ1) is 22.1. The van der Waals surface area contributed by atoms with Gasteiger partial charge in [0.05, 0.1) is 44.2 Å². The number of hydrogen-bond acceptors (Lipinski definition) is 18. The normalized spacial score (nSPS) is 51.0. The summed E-state index contributed by atoms with van der Waals surface area (Å²) in [6, 6.07) is -1.04. The van der Waals surface area contributed by atoms with Gasteiger partial charge >= 0.3 is 0 Å². The second-order valence-electron chi connectivity index (χ2n) is 12.5. The van der Waals surface area contributed by atoms with Crippen LogP contribution in [0.3, 0.4) is 0 Å². The summed E-state index contributed by atoms with van der Waals surface area (Å²) >= 11 is 0. The number of carbonyl (C=O) groups is 1. The average molecular weight is 688 g/mol. The molecular weight excluding hydrogens is 638 g/mol. The fraction of sp³-hybridized carbons (Fsp3) is 0.964. The van der Waals surface area contributed by atoms with Crippen LogP contribution in [0.2, 0.25) is 0 Å². The van der Waals surface area contributed by atoms with Gasteiger partial charge in [0.25, 0.3) is 0 Å². The molecule has 4 aliphatic heterocycles. The largest absolute Gasteiger partial charge is 0.394 e. The lowest BCUT2D eigenvalue weighted by atomic mass is 9.91. The monoisotopic (exact) mass is 687 g/mol. The summed E-state index contributed by atoms with van der Waals surface area (Å²) in [6.45, 7) is 3.50. The molecule has 0 bridgehead atoms. The van der Waals surface area contributed by atoms with Gasteiger partial charge in [0.15, 0.2) is 18.9 Å². The molecule has 0 aromatic carbocycles. The minimum atomic E-state index is -1.85. The highest BCUT2D eigenvalue weighted by atomic mass is 16.8. The van der Waals surface area contributed by atoms with Crippen LogP contribution in [-0.2, 0) is 38.0 Å². The Morgan fingerprint density at radius 1 is 0.553 bits per heavy atom. The molecule has 47 heavy (non-hydrogen) atoms. The van der Waals surface area contributed by atoms with Gasteiger partial charge in [-0.25, -0.2) is 0 Å². The van der Waals surface area contributed by atoms with Gasteiger partial charge in [-0.05, 0) is 13.8 Å². The zero-order chi connectivity index (χ0) is 34.9.